The van der Waals surface area contributed by atoms with E-state index in [2.05, 4.69) is 20.5 Å². The summed E-state index contributed by atoms with van der Waals surface area (Å²) in [6.07, 6.45) is 0.870. The van der Waals surface area contributed by atoms with Crippen LogP contribution in [-0.2, 0) is 14.4 Å². The van der Waals surface area contributed by atoms with Crippen molar-refractivity contribution in [2.75, 3.05) is 50.0 Å². The van der Waals surface area contributed by atoms with Crippen molar-refractivity contribution in [1.82, 2.24) is 15.1 Å². The summed E-state index contributed by atoms with van der Waals surface area (Å²) in [4.78, 5) is 44.4. The van der Waals surface area contributed by atoms with E-state index in [4.69, 9.17) is 11.5 Å². The maximum atomic E-state index is 11.7. The third kappa shape index (κ3) is 5.24. The van der Waals surface area contributed by atoms with Crippen LogP contribution >= 0.6 is 0 Å². The van der Waals surface area contributed by atoms with Crippen molar-refractivity contribution in [1.29, 1.82) is 0 Å². The van der Waals surface area contributed by atoms with Crippen LogP contribution in [0.1, 0.15) is 6.92 Å². The molecule has 6 N–H and O–H groups in total. The highest BCUT2D eigenvalue weighted by atomic mass is 16.2. The number of hydrogen-bond donors (Lipinski definition) is 4. The van der Waals surface area contributed by atoms with Crippen LogP contribution in [0.15, 0.2) is 40.7 Å². The van der Waals surface area contributed by atoms with Crippen LogP contribution in [0.2, 0.25) is 0 Å². The molecule has 1 atom stereocenters. The monoisotopic (exact) mass is 428 g/mol. The fraction of sp³-hybridized carbons (Fsp3) is 0.400. The molecule has 31 heavy (non-hydrogen) atoms. The fourth-order valence-electron chi connectivity index (χ4n) is 3.52. The van der Waals surface area contributed by atoms with Crippen LogP contribution < -0.4 is 27.0 Å². The van der Waals surface area contributed by atoms with E-state index in [0.29, 0.717) is 18.9 Å². The van der Waals surface area contributed by atoms with Gasteiger partial charge in [0.05, 0.1) is 12.1 Å². The summed E-state index contributed by atoms with van der Waals surface area (Å²) in [5.41, 5.74) is 12.7. The molecule has 3 rings (SSSR count). The number of primary amides is 2. The largest absolute Gasteiger partial charge is 0.368 e. The Morgan fingerprint density at radius 2 is 1.74 bits per heavy atom. The van der Waals surface area contributed by atoms with Gasteiger partial charge in [0.15, 0.2) is 6.29 Å². The number of aliphatic imine (C=N–C) groups is 1. The average molecular weight is 428 g/mol. The lowest BCUT2D eigenvalue weighted by molar-refractivity contribution is -0.129. The Bertz CT molecular complexity index is 904. The molecule has 0 radical (unpaired) electrons. The second kappa shape index (κ2) is 9.37. The number of hydrogen-bond acceptors (Lipinski definition) is 8. The molecular weight excluding hydrogens is 400 g/mol. The normalized spacial score (nSPS) is 18.8. The molecule has 0 aromatic heterocycles. The highest BCUT2D eigenvalue weighted by Gasteiger charge is 2.26. The topological polar surface area (TPSA) is 149 Å². The van der Waals surface area contributed by atoms with Gasteiger partial charge in [0.1, 0.15) is 5.82 Å². The van der Waals surface area contributed by atoms with E-state index in [1.54, 1.807) is 18.9 Å². The van der Waals surface area contributed by atoms with E-state index in [9.17, 15) is 14.4 Å². The second-order valence-corrected chi connectivity index (χ2v) is 7.39. The summed E-state index contributed by atoms with van der Waals surface area (Å²) < 4.78 is 0. The van der Waals surface area contributed by atoms with Gasteiger partial charge in [-0.2, -0.15) is 0 Å². The van der Waals surface area contributed by atoms with E-state index >= 15 is 0 Å². The standard InChI is InChI=1S/C20H28N8O3/c1-13(29)27-7-9-28(10-8-27)15-5-3-14(4-6-15)25-20-24-11-16(18(22)31)19(26(20)2)23-12-17(21)30/h3-6,11,20,23,25H,7-10,12H2,1-2H3,(H2,21,30)(H2,22,31). The molecule has 166 valence electrons. The molecule has 2 heterocycles. The van der Waals surface area contributed by atoms with E-state index in [1.807, 2.05) is 29.2 Å². The first-order chi connectivity index (χ1) is 14.8. The minimum absolute atomic E-state index is 0.106. The van der Waals surface area contributed by atoms with Crippen molar-refractivity contribution in [3.05, 3.63) is 35.7 Å². The Labute approximate surface area is 180 Å². The molecule has 0 bridgehead atoms. The molecule has 1 unspecified atom stereocenters. The number of nitrogens with two attached hydrogens (primary N) is 2. The number of benzene rings is 1. The lowest BCUT2D eigenvalue weighted by atomic mass is 10.2. The number of carbonyl (C=O) groups excluding carboxylic acids is 3. The minimum atomic E-state index is -0.657. The highest BCUT2D eigenvalue weighted by molar-refractivity contribution is 6.12. The van der Waals surface area contributed by atoms with Gasteiger partial charge in [-0.3, -0.25) is 14.4 Å². The lowest BCUT2D eigenvalue weighted by Gasteiger charge is -2.36. The Hall–Kier alpha value is -3.76. The SMILES string of the molecule is CC(=O)N1CCN(c2ccc(NC3N=CC(C(N)=O)=C(NCC(N)=O)N3C)cc2)CC1. The first-order valence-corrected chi connectivity index (χ1v) is 9.95. The van der Waals surface area contributed by atoms with Crippen LogP contribution in [0.4, 0.5) is 11.4 Å². The smallest absolute Gasteiger partial charge is 0.253 e. The maximum Gasteiger partial charge on any atom is 0.253 e. The number of amides is 3. The number of anilines is 2. The van der Waals surface area contributed by atoms with Crippen LogP contribution in [0, 0.1) is 0 Å². The molecule has 1 aromatic carbocycles. The third-order valence-corrected chi connectivity index (χ3v) is 5.27. The van der Waals surface area contributed by atoms with Crippen LogP contribution in [0.25, 0.3) is 0 Å². The van der Waals surface area contributed by atoms with Crippen molar-refractivity contribution in [2.24, 2.45) is 16.5 Å². The quantitative estimate of drug-likeness (QED) is 0.428. The molecule has 11 nitrogen and oxygen atoms in total. The molecule has 2 aliphatic rings. The second-order valence-electron chi connectivity index (χ2n) is 7.39. The summed E-state index contributed by atoms with van der Waals surface area (Å²) in [5.74, 6) is -0.736. The molecule has 0 spiro atoms. The molecule has 11 heteroatoms. The van der Waals surface area contributed by atoms with Gasteiger partial charge < -0.3 is 36.8 Å². The van der Waals surface area contributed by atoms with Crippen molar-refractivity contribution in [3.63, 3.8) is 0 Å². The van der Waals surface area contributed by atoms with Crippen molar-refractivity contribution in [3.8, 4) is 0 Å². The van der Waals surface area contributed by atoms with E-state index in [-0.39, 0.29) is 18.0 Å². The summed E-state index contributed by atoms with van der Waals surface area (Å²) in [6, 6.07) is 7.91. The molecule has 0 saturated carbocycles. The molecule has 2 aliphatic heterocycles. The zero-order valence-electron chi connectivity index (χ0n) is 17.7. The summed E-state index contributed by atoms with van der Waals surface area (Å²) in [6.45, 7) is 4.47. The van der Waals surface area contributed by atoms with Crippen molar-refractivity contribution in [2.45, 2.75) is 13.2 Å². The number of piperazine rings is 1. The van der Waals surface area contributed by atoms with Crippen molar-refractivity contribution >= 4 is 35.3 Å². The van der Waals surface area contributed by atoms with Gasteiger partial charge in [0.25, 0.3) is 5.91 Å². The summed E-state index contributed by atoms with van der Waals surface area (Å²) in [7, 11) is 1.73. The zero-order valence-corrected chi connectivity index (χ0v) is 17.7. The fourth-order valence-corrected chi connectivity index (χ4v) is 3.52. The number of nitrogens with one attached hydrogen (secondary N) is 2. The Balaban J connectivity index is 1.65. The highest BCUT2D eigenvalue weighted by Crippen LogP contribution is 2.22. The first kappa shape index (κ1) is 21.9. The molecule has 1 saturated heterocycles. The Morgan fingerprint density at radius 3 is 2.29 bits per heavy atom. The van der Waals surface area contributed by atoms with Gasteiger partial charge in [-0.1, -0.05) is 0 Å². The third-order valence-electron chi connectivity index (χ3n) is 5.27. The van der Waals surface area contributed by atoms with E-state index < -0.39 is 18.1 Å². The molecule has 3 amide bonds. The maximum absolute atomic E-state index is 11.7. The molecular formula is C20H28N8O3. The van der Waals surface area contributed by atoms with E-state index in [0.717, 1.165) is 24.5 Å². The van der Waals surface area contributed by atoms with Gasteiger partial charge >= 0.3 is 0 Å². The molecule has 1 fully saturated rings. The number of rotatable bonds is 7. The predicted molar refractivity (Wildman–Crippen MR) is 118 cm³/mol. The Kier molecular flexibility index (Phi) is 6.63. The zero-order chi connectivity index (χ0) is 22.5. The summed E-state index contributed by atoms with van der Waals surface area (Å²) in [5, 5.41) is 6.12. The minimum Gasteiger partial charge on any atom is -0.368 e. The lowest BCUT2D eigenvalue weighted by Crippen LogP contribution is -2.48. The average Bonchev–Trinajstić information content (AvgIpc) is 2.74. The van der Waals surface area contributed by atoms with Gasteiger partial charge in [-0.25, -0.2) is 4.99 Å². The Morgan fingerprint density at radius 1 is 1.10 bits per heavy atom. The molecule has 1 aromatic rings. The molecule has 0 aliphatic carbocycles. The van der Waals surface area contributed by atoms with Crippen LogP contribution in [0.5, 0.6) is 0 Å². The predicted octanol–water partition coefficient (Wildman–Crippen LogP) is -1.16. The number of carbonyl (C=O) groups is 3. The van der Waals surface area contributed by atoms with Crippen LogP contribution in [-0.4, -0.2) is 79.8 Å². The van der Waals surface area contributed by atoms with Crippen LogP contribution in [0.3, 0.4) is 0 Å². The van der Waals surface area contributed by atoms with E-state index in [1.165, 1.54) is 6.21 Å². The van der Waals surface area contributed by atoms with Gasteiger partial charge in [-0.15, -0.1) is 0 Å². The number of nitrogens with zero attached hydrogens (tertiary/aromatic N) is 4. The van der Waals surface area contributed by atoms with Gasteiger partial charge in [0.2, 0.25) is 11.8 Å². The van der Waals surface area contributed by atoms with Gasteiger partial charge in [0, 0.05) is 57.7 Å². The summed E-state index contributed by atoms with van der Waals surface area (Å²) >= 11 is 0. The van der Waals surface area contributed by atoms with Gasteiger partial charge in [-0.05, 0) is 24.3 Å². The first-order valence-electron chi connectivity index (χ1n) is 9.95. The van der Waals surface area contributed by atoms with Crippen molar-refractivity contribution < 1.29 is 14.4 Å².